The van der Waals surface area contributed by atoms with Gasteiger partial charge in [-0.2, -0.15) is 0 Å². The lowest BCUT2D eigenvalue weighted by Crippen LogP contribution is -2.19. The molecule has 0 spiro atoms. The molecule has 0 aliphatic carbocycles. The first kappa shape index (κ1) is 15.7. The van der Waals surface area contributed by atoms with E-state index in [0.29, 0.717) is 15.2 Å². The summed E-state index contributed by atoms with van der Waals surface area (Å²) in [5.41, 5.74) is 3.03. The van der Waals surface area contributed by atoms with Crippen LogP contribution in [0.15, 0.2) is 22.5 Å². The summed E-state index contributed by atoms with van der Waals surface area (Å²) >= 11 is 2.67. The number of benzene rings is 1. The van der Waals surface area contributed by atoms with Crippen LogP contribution < -0.4 is 10.6 Å². The SMILES string of the molecule is Cc1ccc(NC(=O)Nc2nnc(SCCO)s2)cc1C. The maximum Gasteiger partial charge on any atom is 0.325 e. The van der Waals surface area contributed by atoms with Crippen molar-refractivity contribution in [3.05, 3.63) is 29.3 Å². The van der Waals surface area contributed by atoms with Crippen molar-refractivity contribution in [2.45, 2.75) is 18.2 Å². The topological polar surface area (TPSA) is 87.1 Å². The minimum Gasteiger partial charge on any atom is -0.396 e. The van der Waals surface area contributed by atoms with Gasteiger partial charge in [0.25, 0.3) is 0 Å². The molecule has 6 nitrogen and oxygen atoms in total. The molecule has 8 heteroatoms. The normalized spacial score (nSPS) is 10.4. The zero-order valence-corrected chi connectivity index (χ0v) is 13.3. The quantitative estimate of drug-likeness (QED) is 0.581. The molecule has 0 unspecified atom stereocenters. The molecule has 2 aromatic rings. The number of urea groups is 1. The van der Waals surface area contributed by atoms with Crippen LogP contribution in [0.4, 0.5) is 15.6 Å². The van der Waals surface area contributed by atoms with Gasteiger partial charge in [-0.25, -0.2) is 4.79 Å². The smallest absolute Gasteiger partial charge is 0.325 e. The van der Waals surface area contributed by atoms with Gasteiger partial charge in [0, 0.05) is 11.4 Å². The highest BCUT2D eigenvalue weighted by molar-refractivity contribution is 8.01. The van der Waals surface area contributed by atoms with Crippen molar-refractivity contribution in [2.75, 3.05) is 23.0 Å². The van der Waals surface area contributed by atoms with Gasteiger partial charge in [0.15, 0.2) is 4.34 Å². The number of aryl methyl sites for hydroxylation is 2. The van der Waals surface area contributed by atoms with Gasteiger partial charge in [0.2, 0.25) is 5.13 Å². The molecule has 3 N–H and O–H groups in total. The Morgan fingerprint density at radius 2 is 2.10 bits per heavy atom. The van der Waals surface area contributed by atoms with Crippen molar-refractivity contribution in [3.63, 3.8) is 0 Å². The summed E-state index contributed by atoms with van der Waals surface area (Å²) in [4.78, 5) is 11.9. The van der Waals surface area contributed by atoms with Gasteiger partial charge in [-0.3, -0.25) is 5.32 Å². The number of nitrogens with one attached hydrogen (secondary N) is 2. The highest BCUT2D eigenvalue weighted by atomic mass is 32.2. The second-order valence-corrected chi connectivity index (χ2v) is 6.64. The van der Waals surface area contributed by atoms with Gasteiger partial charge in [-0.1, -0.05) is 29.2 Å². The molecule has 0 saturated heterocycles. The van der Waals surface area contributed by atoms with Crippen LogP contribution in [0.1, 0.15) is 11.1 Å². The van der Waals surface area contributed by atoms with Crippen LogP contribution in [-0.2, 0) is 0 Å². The Morgan fingerprint density at radius 1 is 1.29 bits per heavy atom. The van der Waals surface area contributed by atoms with E-state index in [1.165, 1.54) is 28.7 Å². The third-order valence-corrected chi connectivity index (χ3v) is 4.66. The molecule has 0 atom stereocenters. The molecule has 112 valence electrons. The summed E-state index contributed by atoms with van der Waals surface area (Å²) in [6.07, 6.45) is 0. The number of carbonyl (C=O) groups excluding carboxylic acids is 1. The van der Waals surface area contributed by atoms with E-state index < -0.39 is 0 Å². The molecular weight excluding hydrogens is 308 g/mol. The van der Waals surface area contributed by atoms with Crippen LogP contribution in [0.25, 0.3) is 0 Å². The molecular formula is C13H16N4O2S2. The van der Waals surface area contributed by atoms with Crippen LogP contribution in [0, 0.1) is 13.8 Å². The molecule has 1 heterocycles. The van der Waals surface area contributed by atoms with E-state index in [0.717, 1.165) is 11.3 Å². The lowest BCUT2D eigenvalue weighted by molar-refractivity contribution is 0.262. The Balaban J connectivity index is 1.91. The number of hydrogen-bond acceptors (Lipinski definition) is 6. The van der Waals surface area contributed by atoms with E-state index in [1.807, 2.05) is 32.0 Å². The average Bonchev–Trinajstić information content (AvgIpc) is 2.88. The third kappa shape index (κ3) is 4.69. The fourth-order valence-electron chi connectivity index (χ4n) is 1.53. The first-order valence-electron chi connectivity index (χ1n) is 6.31. The average molecular weight is 324 g/mol. The summed E-state index contributed by atoms with van der Waals surface area (Å²) in [6, 6.07) is 5.37. The van der Waals surface area contributed by atoms with E-state index in [1.54, 1.807) is 0 Å². The number of thioether (sulfide) groups is 1. The van der Waals surface area contributed by atoms with Crippen LogP contribution in [0.3, 0.4) is 0 Å². The third-order valence-electron chi connectivity index (χ3n) is 2.71. The number of aliphatic hydroxyl groups excluding tert-OH is 1. The molecule has 0 fully saturated rings. The molecule has 2 rings (SSSR count). The van der Waals surface area contributed by atoms with E-state index in [9.17, 15) is 4.79 Å². The van der Waals surface area contributed by atoms with E-state index in [2.05, 4.69) is 20.8 Å². The summed E-state index contributed by atoms with van der Waals surface area (Å²) in [5.74, 6) is 0.559. The monoisotopic (exact) mass is 324 g/mol. The maximum absolute atomic E-state index is 11.9. The second-order valence-electron chi connectivity index (χ2n) is 4.32. The Bertz CT molecular complexity index is 630. The summed E-state index contributed by atoms with van der Waals surface area (Å²) in [6.45, 7) is 4.10. The number of aromatic nitrogens is 2. The number of aliphatic hydroxyl groups is 1. The number of rotatable bonds is 5. The fraction of sp³-hybridized carbons (Fsp3) is 0.308. The summed E-state index contributed by atoms with van der Waals surface area (Å²) in [5, 5.41) is 22.4. The first-order chi connectivity index (χ1) is 10.1. The van der Waals surface area contributed by atoms with Crippen molar-refractivity contribution in [1.82, 2.24) is 10.2 Å². The van der Waals surface area contributed by atoms with Gasteiger partial charge in [-0.05, 0) is 37.1 Å². The van der Waals surface area contributed by atoms with Crippen LogP contribution >= 0.6 is 23.1 Å². The predicted molar refractivity (Wildman–Crippen MR) is 86.3 cm³/mol. The molecule has 0 saturated carbocycles. The van der Waals surface area contributed by atoms with Crippen molar-refractivity contribution >= 4 is 39.9 Å². The van der Waals surface area contributed by atoms with Gasteiger partial charge in [-0.15, -0.1) is 10.2 Å². The summed E-state index contributed by atoms with van der Waals surface area (Å²) < 4.78 is 0.713. The Hall–Kier alpha value is -1.64. The fourth-order valence-corrected chi connectivity index (χ4v) is 3.09. The zero-order chi connectivity index (χ0) is 15.2. The van der Waals surface area contributed by atoms with Crippen molar-refractivity contribution < 1.29 is 9.90 Å². The van der Waals surface area contributed by atoms with Crippen molar-refractivity contribution in [3.8, 4) is 0 Å². The highest BCUT2D eigenvalue weighted by Crippen LogP contribution is 2.25. The summed E-state index contributed by atoms with van der Waals surface area (Å²) in [7, 11) is 0. The van der Waals surface area contributed by atoms with Gasteiger partial charge in [0.05, 0.1) is 6.61 Å². The standard InChI is InChI=1S/C13H16N4O2S2/c1-8-3-4-10(7-9(8)2)14-11(19)15-12-16-17-13(21-12)20-6-5-18/h3-4,7,18H,5-6H2,1-2H3,(H2,14,15,16,19). The van der Waals surface area contributed by atoms with Crippen LogP contribution in [0.5, 0.6) is 0 Å². The molecule has 0 aliphatic rings. The van der Waals surface area contributed by atoms with Gasteiger partial charge < -0.3 is 10.4 Å². The largest absolute Gasteiger partial charge is 0.396 e. The molecule has 21 heavy (non-hydrogen) atoms. The highest BCUT2D eigenvalue weighted by Gasteiger charge is 2.09. The molecule has 0 aliphatic heterocycles. The van der Waals surface area contributed by atoms with Gasteiger partial charge in [0.1, 0.15) is 0 Å². The number of amides is 2. The maximum atomic E-state index is 11.9. The second kappa shape index (κ2) is 7.39. The predicted octanol–water partition coefficient (Wildman–Crippen LogP) is 2.88. The number of anilines is 2. The lowest BCUT2D eigenvalue weighted by atomic mass is 10.1. The molecule has 1 aromatic heterocycles. The Labute approximate surface area is 131 Å². The molecule has 0 bridgehead atoms. The minimum atomic E-state index is -0.354. The number of nitrogens with zero attached hydrogens (tertiary/aromatic N) is 2. The van der Waals surface area contributed by atoms with Crippen LogP contribution in [0.2, 0.25) is 0 Å². The Kier molecular flexibility index (Phi) is 5.54. The first-order valence-corrected chi connectivity index (χ1v) is 8.11. The minimum absolute atomic E-state index is 0.0836. The molecule has 0 radical (unpaired) electrons. The van der Waals surface area contributed by atoms with E-state index in [-0.39, 0.29) is 12.6 Å². The van der Waals surface area contributed by atoms with Crippen molar-refractivity contribution in [2.24, 2.45) is 0 Å². The van der Waals surface area contributed by atoms with Crippen molar-refractivity contribution in [1.29, 1.82) is 0 Å². The number of carbonyl (C=O) groups is 1. The zero-order valence-electron chi connectivity index (χ0n) is 11.7. The van der Waals surface area contributed by atoms with E-state index in [4.69, 9.17) is 5.11 Å². The molecule has 2 amide bonds. The van der Waals surface area contributed by atoms with E-state index >= 15 is 0 Å². The Morgan fingerprint density at radius 3 is 2.81 bits per heavy atom. The lowest BCUT2D eigenvalue weighted by Gasteiger charge is -2.07. The number of hydrogen-bond donors (Lipinski definition) is 3. The van der Waals surface area contributed by atoms with Gasteiger partial charge >= 0.3 is 6.03 Å². The van der Waals surface area contributed by atoms with Crippen LogP contribution in [-0.4, -0.2) is 33.7 Å². The molecule has 1 aromatic carbocycles.